The second-order valence-corrected chi connectivity index (χ2v) is 7.86. The lowest BCUT2D eigenvalue weighted by molar-refractivity contribution is -0.120. The van der Waals surface area contributed by atoms with E-state index in [4.69, 9.17) is 0 Å². The number of fused-ring (bicyclic) bond motifs is 1. The van der Waals surface area contributed by atoms with E-state index < -0.39 is 5.82 Å². The molecule has 31 heavy (non-hydrogen) atoms. The maximum Gasteiger partial charge on any atom is 0.274 e. The van der Waals surface area contributed by atoms with Crippen LogP contribution in [0.25, 0.3) is 10.2 Å². The van der Waals surface area contributed by atoms with E-state index in [1.54, 1.807) is 11.1 Å². The van der Waals surface area contributed by atoms with Gasteiger partial charge in [0, 0.05) is 26.2 Å². The van der Waals surface area contributed by atoms with Gasteiger partial charge in [0.05, 0.1) is 28.5 Å². The highest BCUT2D eigenvalue weighted by Crippen LogP contribution is 2.27. The Morgan fingerprint density at radius 2 is 2.00 bits per heavy atom. The highest BCUT2D eigenvalue weighted by molar-refractivity contribution is 7.17. The first-order chi connectivity index (χ1) is 14.9. The predicted octanol–water partition coefficient (Wildman–Crippen LogP) is 3.39. The number of nitrogens with one attached hydrogen (secondary N) is 2. The van der Waals surface area contributed by atoms with Crippen LogP contribution in [0.5, 0.6) is 0 Å². The van der Waals surface area contributed by atoms with E-state index in [9.17, 15) is 14.0 Å². The van der Waals surface area contributed by atoms with Crippen LogP contribution in [0, 0.1) is 5.82 Å². The maximum atomic E-state index is 13.5. The van der Waals surface area contributed by atoms with Gasteiger partial charge < -0.3 is 15.5 Å². The van der Waals surface area contributed by atoms with Crippen molar-refractivity contribution in [2.45, 2.75) is 39.8 Å². The highest BCUT2D eigenvalue weighted by Gasteiger charge is 2.33. The largest absolute Gasteiger partial charge is 0.350 e. The number of pyridine rings is 1. The third-order valence-corrected chi connectivity index (χ3v) is 5.56. The van der Waals surface area contributed by atoms with Gasteiger partial charge in [-0.15, -0.1) is 11.3 Å². The fourth-order valence-corrected chi connectivity index (χ4v) is 4.00. The van der Waals surface area contributed by atoms with Crippen molar-refractivity contribution in [1.29, 1.82) is 0 Å². The zero-order valence-corrected chi connectivity index (χ0v) is 18.7. The first-order valence-corrected chi connectivity index (χ1v) is 11.0. The van der Waals surface area contributed by atoms with Gasteiger partial charge in [-0.2, -0.15) is 0 Å². The third-order valence-electron chi connectivity index (χ3n) is 4.65. The maximum absolute atomic E-state index is 13.5. The molecule has 1 aliphatic heterocycles. The van der Waals surface area contributed by atoms with E-state index in [-0.39, 0.29) is 29.8 Å². The van der Waals surface area contributed by atoms with Gasteiger partial charge in [0.2, 0.25) is 11.9 Å². The zero-order chi connectivity index (χ0) is 22.5. The lowest BCUT2D eigenvalue weighted by Gasteiger charge is -2.39. The molecule has 1 aliphatic rings. The minimum atomic E-state index is -0.423. The van der Waals surface area contributed by atoms with Crippen LogP contribution in [0.1, 0.15) is 49.8 Å². The summed E-state index contributed by atoms with van der Waals surface area (Å²) in [5, 5.41) is 7.77. The second kappa shape index (κ2) is 9.78. The van der Waals surface area contributed by atoms with Crippen LogP contribution in [-0.2, 0) is 4.79 Å². The van der Waals surface area contributed by atoms with Crippen LogP contribution < -0.4 is 10.6 Å². The summed E-state index contributed by atoms with van der Waals surface area (Å²) < 4.78 is 14.2. The van der Waals surface area contributed by atoms with Crippen LogP contribution in [0.15, 0.2) is 29.9 Å². The number of nitrogens with zero attached hydrogens (tertiary/aromatic N) is 4. The Hall–Kier alpha value is -3.14. The fraction of sp³-hybridized carbons (Fsp3) is 0.381. The van der Waals surface area contributed by atoms with E-state index in [1.165, 1.54) is 24.3 Å². The van der Waals surface area contributed by atoms with E-state index in [0.29, 0.717) is 34.6 Å². The molecule has 2 amide bonds. The first kappa shape index (κ1) is 22.5. The van der Waals surface area contributed by atoms with Crippen molar-refractivity contribution in [1.82, 2.24) is 25.2 Å². The highest BCUT2D eigenvalue weighted by atomic mass is 32.1. The van der Waals surface area contributed by atoms with E-state index in [2.05, 4.69) is 25.6 Å². The van der Waals surface area contributed by atoms with Crippen molar-refractivity contribution in [2.75, 3.05) is 18.4 Å². The van der Waals surface area contributed by atoms with Crippen molar-refractivity contribution in [3.05, 3.63) is 47.0 Å². The van der Waals surface area contributed by atoms with Crippen molar-refractivity contribution in [3.63, 3.8) is 0 Å². The Labute approximate surface area is 183 Å². The summed E-state index contributed by atoms with van der Waals surface area (Å²) in [6.45, 7) is 8.19. The summed E-state index contributed by atoms with van der Waals surface area (Å²) in [6, 6.07) is 2.89. The molecule has 3 aromatic rings. The summed E-state index contributed by atoms with van der Waals surface area (Å²) in [5.74, 6) is -0.454. The smallest absolute Gasteiger partial charge is 0.274 e. The normalized spacial score (nSPS) is 14.3. The van der Waals surface area contributed by atoms with Gasteiger partial charge in [-0.25, -0.2) is 14.4 Å². The Morgan fingerprint density at radius 3 is 2.68 bits per heavy atom. The number of carbonyl (C=O) groups is 2. The van der Waals surface area contributed by atoms with Crippen molar-refractivity contribution >= 4 is 39.3 Å². The van der Waals surface area contributed by atoms with Crippen molar-refractivity contribution in [2.24, 2.45) is 0 Å². The lowest BCUT2D eigenvalue weighted by Crippen LogP contribution is -2.60. The molecular weight excluding hydrogens is 419 g/mol. The molecule has 8 nitrogen and oxygen atoms in total. The number of hydrogen-bond donors (Lipinski definition) is 2. The monoisotopic (exact) mass is 444 g/mol. The number of likely N-dealkylation sites (tertiary alicyclic amines) is 1. The Morgan fingerprint density at radius 1 is 1.26 bits per heavy atom. The standard InChI is InChI=1S/C19H19FN6O2S.C2H6/c1-10(12-5-13(20)7-21-6-12)22-19-24-15-3-4-29-17(15)16(25-19)18(28)26-8-14(9-26)23-11(2)27;1-2/h3-7,10,14H,8-9H2,1-2H3,(H,23,27)(H,22,24,25);1-2H3. The average molecular weight is 445 g/mol. The van der Waals surface area contributed by atoms with E-state index in [1.807, 2.05) is 32.2 Å². The molecule has 3 aromatic heterocycles. The fourth-order valence-electron chi connectivity index (χ4n) is 3.19. The molecule has 4 heterocycles. The molecule has 0 saturated carbocycles. The molecule has 4 rings (SSSR count). The minimum Gasteiger partial charge on any atom is -0.350 e. The number of carbonyl (C=O) groups excluding carboxylic acids is 2. The Bertz CT molecular complexity index is 1080. The quantitative estimate of drug-likeness (QED) is 0.626. The lowest BCUT2D eigenvalue weighted by atomic mass is 10.1. The van der Waals surface area contributed by atoms with Crippen LogP contribution in [-0.4, -0.2) is 50.8 Å². The van der Waals surface area contributed by atoms with Crippen LogP contribution in [0.4, 0.5) is 10.3 Å². The van der Waals surface area contributed by atoms with Gasteiger partial charge in [0.25, 0.3) is 5.91 Å². The SMILES string of the molecule is CC.CC(=O)NC1CN(C(=O)c2nc(NC(C)c3cncc(F)c3)nc3ccsc23)C1. The van der Waals surface area contributed by atoms with Gasteiger partial charge in [0.1, 0.15) is 5.82 Å². The molecule has 164 valence electrons. The zero-order valence-electron chi connectivity index (χ0n) is 17.8. The van der Waals surface area contributed by atoms with Crippen LogP contribution in [0.3, 0.4) is 0 Å². The van der Waals surface area contributed by atoms with Gasteiger partial charge in [-0.3, -0.25) is 14.6 Å². The van der Waals surface area contributed by atoms with Gasteiger partial charge in [-0.1, -0.05) is 13.8 Å². The van der Waals surface area contributed by atoms with E-state index in [0.717, 1.165) is 6.20 Å². The molecule has 10 heteroatoms. The second-order valence-electron chi connectivity index (χ2n) is 6.94. The first-order valence-electron chi connectivity index (χ1n) is 10.1. The van der Waals surface area contributed by atoms with Crippen molar-refractivity contribution in [3.8, 4) is 0 Å². The molecule has 1 unspecified atom stereocenters. The average Bonchev–Trinajstić information content (AvgIpc) is 3.19. The topological polar surface area (TPSA) is 100 Å². The number of anilines is 1. The number of rotatable bonds is 5. The molecular formula is C21H25FN6O2S. The molecule has 1 saturated heterocycles. The number of halogens is 1. The third kappa shape index (κ3) is 5.13. The summed E-state index contributed by atoms with van der Waals surface area (Å²) >= 11 is 1.40. The van der Waals surface area contributed by atoms with Gasteiger partial charge in [-0.05, 0) is 30.0 Å². The predicted molar refractivity (Wildman–Crippen MR) is 119 cm³/mol. The van der Waals surface area contributed by atoms with Gasteiger partial charge in [0.15, 0.2) is 5.69 Å². The number of amides is 2. The Kier molecular flexibility index (Phi) is 7.11. The molecule has 0 aromatic carbocycles. The van der Waals surface area contributed by atoms with E-state index >= 15 is 0 Å². The molecule has 1 fully saturated rings. The van der Waals surface area contributed by atoms with Crippen LogP contribution >= 0.6 is 11.3 Å². The Balaban J connectivity index is 0.00000132. The molecule has 1 atom stereocenters. The number of aromatic nitrogens is 3. The van der Waals surface area contributed by atoms with Crippen LogP contribution in [0.2, 0.25) is 0 Å². The molecule has 2 N–H and O–H groups in total. The van der Waals surface area contributed by atoms with Crippen molar-refractivity contribution < 1.29 is 14.0 Å². The number of thiophene rings is 1. The molecule has 0 aliphatic carbocycles. The number of hydrogen-bond acceptors (Lipinski definition) is 7. The summed E-state index contributed by atoms with van der Waals surface area (Å²) in [4.78, 5) is 38.5. The summed E-state index contributed by atoms with van der Waals surface area (Å²) in [6.07, 6.45) is 2.71. The van der Waals surface area contributed by atoms with Gasteiger partial charge >= 0.3 is 0 Å². The summed E-state index contributed by atoms with van der Waals surface area (Å²) in [5.41, 5.74) is 1.63. The summed E-state index contributed by atoms with van der Waals surface area (Å²) in [7, 11) is 0. The minimum absolute atomic E-state index is 0.0322. The molecule has 0 radical (unpaired) electrons. The molecule has 0 bridgehead atoms. The molecule has 0 spiro atoms.